The van der Waals surface area contributed by atoms with Crippen LogP contribution in [0.3, 0.4) is 0 Å². The molecule has 2 aromatic rings. The molecule has 2 N–H and O–H groups in total. The Morgan fingerprint density at radius 2 is 2.21 bits per heavy atom. The highest BCUT2D eigenvalue weighted by Crippen LogP contribution is 2.15. The Morgan fingerprint density at radius 1 is 1.37 bits per heavy atom. The van der Waals surface area contributed by atoms with Crippen LogP contribution < -0.4 is 5.32 Å². The number of nitrogens with zero attached hydrogens (tertiary/aromatic N) is 2. The molecule has 3 rings (SSSR count). The zero-order valence-electron chi connectivity index (χ0n) is 10.6. The molecule has 2 heterocycles. The van der Waals surface area contributed by atoms with Gasteiger partial charge < -0.3 is 10.2 Å². The molecule has 0 saturated carbocycles. The minimum Gasteiger partial charge on any atom is -0.334 e. The van der Waals surface area contributed by atoms with Crippen molar-refractivity contribution >= 4 is 6.03 Å². The fraction of sp³-hybridized carbons (Fsp3) is 0.286. The Morgan fingerprint density at radius 3 is 3.05 bits per heavy atom. The molecule has 2 amide bonds. The molecule has 0 bridgehead atoms. The summed E-state index contributed by atoms with van der Waals surface area (Å²) in [5, 5.41) is 9.90. The van der Waals surface area contributed by atoms with Crippen LogP contribution in [-0.2, 0) is 19.5 Å². The van der Waals surface area contributed by atoms with E-state index in [0.717, 1.165) is 24.2 Å². The van der Waals surface area contributed by atoms with Gasteiger partial charge in [0.2, 0.25) is 0 Å². The minimum absolute atomic E-state index is 0.0240. The summed E-state index contributed by atoms with van der Waals surface area (Å²) in [6.45, 7) is 1.91. The largest absolute Gasteiger partial charge is 0.334 e. The van der Waals surface area contributed by atoms with Crippen LogP contribution in [0.5, 0.6) is 0 Å². The zero-order chi connectivity index (χ0) is 13.1. The van der Waals surface area contributed by atoms with Crippen molar-refractivity contribution in [1.82, 2.24) is 20.4 Å². The molecule has 19 heavy (non-hydrogen) atoms. The lowest BCUT2D eigenvalue weighted by molar-refractivity contribution is 0.191. The number of nitrogens with one attached hydrogen (secondary N) is 2. The molecule has 1 aromatic heterocycles. The highest BCUT2D eigenvalue weighted by atomic mass is 16.2. The second-order valence-corrected chi connectivity index (χ2v) is 4.69. The van der Waals surface area contributed by atoms with Crippen LogP contribution in [0.2, 0.25) is 0 Å². The van der Waals surface area contributed by atoms with E-state index >= 15 is 0 Å². The van der Waals surface area contributed by atoms with Gasteiger partial charge in [-0.25, -0.2) is 4.79 Å². The fourth-order valence-electron chi connectivity index (χ4n) is 2.27. The zero-order valence-corrected chi connectivity index (χ0v) is 10.6. The first-order chi connectivity index (χ1) is 9.33. The average Bonchev–Trinajstić information content (AvgIpc) is 2.93. The molecule has 0 aliphatic carbocycles. The number of aromatic amines is 1. The van der Waals surface area contributed by atoms with E-state index in [4.69, 9.17) is 0 Å². The van der Waals surface area contributed by atoms with Crippen molar-refractivity contribution in [1.29, 1.82) is 0 Å². The molecule has 0 spiro atoms. The van der Waals surface area contributed by atoms with Gasteiger partial charge in [-0.2, -0.15) is 5.10 Å². The molecule has 98 valence electrons. The smallest absolute Gasteiger partial charge is 0.318 e. The van der Waals surface area contributed by atoms with Crippen molar-refractivity contribution < 1.29 is 4.79 Å². The summed E-state index contributed by atoms with van der Waals surface area (Å²) in [5.74, 6) is 0. The van der Waals surface area contributed by atoms with E-state index in [1.54, 1.807) is 0 Å². The second-order valence-electron chi connectivity index (χ2n) is 4.69. The number of carbonyl (C=O) groups excluding carboxylic acids is 1. The Hall–Kier alpha value is -2.30. The summed E-state index contributed by atoms with van der Waals surface area (Å²) in [4.78, 5) is 13.9. The van der Waals surface area contributed by atoms with Gasteiger partial charge in [-0.3, -0.25) is 5.10 Å². The lowest BCUT2D eigenvalue weighted by Gasteiger charge is -2.26. The Labute approximate surface area is 111 Å². The van der Waals surface area contributed by atoms with Gasteiger partial charge in [0.1, 0.15) is 0 Å². The van der Waals surface area contributed by atoms with E-state index in [2.05, 4.69) is 15.5 Å². The summed E-state index contributed by atoms with van der Waals surface area (Å²) < 4.78 is 0. The molecule has 1 aliphatic rings. The number of aromatic nitrogens is 2. The Bertz CT molecular complexity index is 564. The number of hydrogen-bond donors (Lipinski definition) is 2. The predicted octanol–water partition coefficient (Wildman–Crippen LogP) is 1.68. The maximum Gasteiger partial charge on any atom is 0.318 e. The summed E-state index contributed by atoms with van der Waals surface area (Å²) in [6, 6.07) is 9.89. The summed E-state index contributed by atoms with van der Waals surface area (Å²) >= 11 is 0. The molecule has 0 unspecified atom stereocenters. The fourth-order valence-corrected chi connectivity index (χ4v) is 2.27. The van der Waals surface area contributed by atoms with Crippen LogP contribution in [0.4, 0.5) is 4.79 Å². The molecule has 0 fully saturated rings. The van der Waals surface area contributed by atoms with Gasteiger partial charge in [0.05, 0.1) is 18.4 Å². The molecular formula is C14H16N4O. The van der Waals surface area contributed by atoms with Gasteiger partial charge >= 0.3 is 6.03 Å². The number of rotatable bonds is 2. The third-order valence-electron chi connectivity index (χ3n) is 3.38. The third kappa shape index (κ3) is 2.59. The number of amides is 2. The molecule has 0 radical (unpaired) electrons. The number of benzene rings is 1. The number of carbonyl (C=O) groups is 1. The van der Waals surface area contributed by atoms with E-state index in [-0.39, 0.29) is 6.03 Å². The first-order valence-electron chi connectivity index (χ1n) is 6.41. The Kier molecular flexibility index (Phi) is 3.18. The third-order valence-corrected chi connectivity index (χ3v) is 3.38. The molecule has 0 saturated heterocycles. The molecule has 1 aromatic carbocycles. The number of H-pyrrole nitrogens is 1. The van der Waals surface area contributed by atoms with Gasteiger partial charge in [-0.15, -0.1) is 0 Å². The molecular weight excluding hydrogens is 240 g/mol. The second kappa shape index (κ2) is 5.14. The van der Waals surface area contributed by atoms with Gasteiger partial charge in [0.25, 0.3) is 0 Å². The number of hydrogen-bond acceptors (Lipinski definition) is 2. The van der Waals surface area contributed by atoms with Crippen LogP contribution in [-0.4, -0.2) is 27.7 Å². The van der Waals surface area contributed by atoms with Crippen LogP contribution >= 0.6 is 0 Å². The topological polar surface area (TPSA) is 61.0 Å². The van der Waals surface area contributed by atoms with Crippen LogP contribution in [0.1, 0.15) is 16.8 Å². The number of urea groups is 1. The Balaban J connectivity index is 1.57. The molecule has 0 atom stereocenters. The van der Waals surface area contributed by atoms with Crippen molar-refractivity contribution in [2.45, 2.75) is 19.5 Å². The summed E-state index contributed by atoms with van der Waals surface area (Å²) in [6.07, 6.45) is 2.71. The highest BCUT2D eigenvalue weighted by molar-refractivity contribution is 5.74. The lowest BCUT2D eigenvalue weighted by atomic mass is 10.1. The molecule has 5 nitrogen and oxygen atoms in total. The first kappa shape index (κ1) is 11.8. The van der Waals surface area contributed by atoms with Gasteiger partial charge in [-0.05, 0) is 17.5 Å². The van der Waals surface area contributed by atoms with Gasteiger partial charge in [-0.1, -0.05) is 30.3 Å². The normalized spacial score (nSPS) is 14.0. The van der Waals surface area contributed by atoms with E-state index in [1.165, 1.54) is 5.56 Å². The van der Waals surface area contributed by atoms with Crippen molar-refractivity contribution in [3.63, 3.8) is 0 Å². The van der Waals surface area contributed by atoms with Crippen molar-refractivity contribution in [2.24, 2.45) is 0 Å². The summed E-state index contributed by atoms with van der Waals surface area (Å²) in [5.41, 5.74) is 3.36. The standard InChI is InChI=1S/C14H16N4O/c19-14(15-8-11-4-2-1-3-5-11)18-7-6-12-9-16-17-13(12)10-18/h1-5,9H,6-8,10H2,(H,15,19)(H,16,17). The minimum atomic E-state index is -0.0240. The average molecular weight is 256 g/mol. The first-order valence-corrected chi connectivity index (χ1v) is 6.41. The van der Waals surface area contributed by atoms with Crippen molar-refractivity contribution in [3.05, 3.63) is 53.3 Å². The van der Waals surface area contributed by atoms with E-state index < -0.39 is 0 Å². The van der Waals surface area contributed by atoms with E-state index in [9.17, 15) is 4.79 Å². The maximum atomic E-state index is 12.1. The van der Waals surface area contributed by atoms with E-state index in [1.807, 2.05) is 41.4 Å². The van der Waals surface area contributed by atoms with Gasteiger partial charge in [0, 0.05) is 13.1 Å². The quantitative estimate of drug-likeness (QED) is 0.858. The highest BCUT2D eigenvalue weighted by Gasteiger charge is 2.21. The van der Waals surface area contributed by atoms with Crippen molar-refractivity contribution in [2.75, 3.05) is 6.54 Å². The van der Waals surface area contributed by atoms with Crippen molar-refractivity contribution in [3.8, 4) is 0 Å². The van der Waals surface area contributed by atoms with Crippen LogP contribution in [0.15, 0.2) is 36.5 Å². The van der Waals surface area contributed by atoms with E-state index in [0.29, 0.717) is 13.1 Å². The molecule has 1 aliphatic heterocycles. The molecule has 5 heteroatoms. The van der Waals surface area contributed by atoms with Crippen LogP contribution in [0.25, 0.3) is 0 Å². The lowest BCUT2D eigenvalue weighted by Crippen LogP contribution is -2.42. The SMILES string of the molecule is O=C(NCc1ccccc1)N1CCc2cn[nH]c2C1. The maximum absolute atomic E-state index is 12.1. The van der Waals surface area contributed by atoms with Crippen LogP contribution in [0, 0.1) is 0 Å². The summed E-state index contributed by atoms with van der Waals surface area (Å²) in [7, 11) is 0. The predicted molar refractivity (Wildman–Crippen MR) is 71.4 cm³/mol. The van der Waals surface area contributed by atoms with Gasteiger partial charge in [0.15, 0.2) is 0 Å². The monoisotopic (exact) mass is 256 g/mol. The number of fused-ring (bicyclic) bond motifs is 1.